The van der Waals surface area contributed by atoms with E-state index in [4.69, 9.17) is 0 Å². The van der Waals surface area contributed by atoms with Crippen molar-refractivity contribution in [2.45, 2.75) is 0 Å². The predicted molar refractivity (Wildman–Crippen MR) is 77.3 cm³/mol. The van der Waals surface area contributed by atoms with Crippen molar-refractivity contribution in [2.24, 2.45) is 0 Å². The predicted octanol–water partition coefficient (Wildman–Crippen LogP) is -4.80. The van der Waals surface area contributed by atoms with Crippen LogP contribution in [0.2, 0.25) is 0 Å². The maximum Gasteiger partial charge on any atom is 0.312 e. The summed E-state index contributed by atoms with van der Waals surface area (Å²) in [6.45, 7) is 0. The largest absolute Gasteiger partial charge is 0.868 e. The zero-order valence-corrected chi connectivity index (χ0v) is 12.8. The molecule has 136 valence electrons. The van der Waals surface area contributed by atoms with Crippen molar-refractivity contribution in [2.75, 3.05) is 0 Å². The highest BCUT2D eigenvalue weighted by molar-refractivity contribution is 6.01. The molecule has 0 unspecified atom stereocenters. The molecule has 6 rings (SSSR count). The Labute approximate surface area is 146 Å². The standard InChI is InChI=1S/C12N8O8/c21-9-3-5(19(25)27-15-3)1-7(11(9)23)17-14-2-6-4(16-28-20(6)26)10(22)12(24)8(2)18(17)13-1. The van der Waals surface area contributed by atoms with Gasteiger partial charge in [-0.25, -0.2) is 0 Å². The molecule has 28 heavy (non-hydrogen) atoms. The van der Waals surface area contributed by atoms with Crippen molar-refractivity contribution in [1.82, 2.24) is 25.1 Å². The fourth-order valence-corrected chi connectivity index (χ4v) is 3.19. The molecule has 0 saturated heterocycles. The van der Waals surface area contributed by atoms with E-state index in [9.17, 15) is 29.9 Å². The van der Waals surface area contributed by atoms with Gasteiger partial charge in [-0.05, 0) is 25.3 Å². The van der Waals surface area contributed by atoms with Gasteiger partial charge in [-0.15, -0.1) is 0 Å². The first-order chi connectivity index (χ1) is 13.4. The molecule has 0 aliphatic carbocycles. The van der Waals surface area contributed by atoms with E-state index in [1.807, 2.05) is 0 Å². The molecule has 2 aromatic carbocycles. The molecule has 0 N–H and O–H groups in total. The Morgan fingerprint density at radius 2 is 1.39 bits per heavy atom. The van der Waals surface area contributed by atoms with E-state index in [2.05, 4.69) is 29.8 Å². The lowest BCUT2D eigenvalue weighted by atomic mass is 10.2. The Kier molecular flexibility index (Phi) is 2.13. The lowest BCUT2D eigenvalue weighted by molar-refractivity contribution is -0.781. The number of hydrogen-bond acceptors (Lipinski definition) is 12. The highest BCUT2D eigenvalue weighted by Gasteiger charge is 2.36. The summed E-state index contributed by atoms with van der Waals surface area (Å²) in [6.07, 6.45) is 0. The second kappa shape index (κ2) is 4.14. The number of rotatable bonds is 0. The van der Waals surface area contributed by atoms with Gasteiger partial charge in [0.05, 0.1) is 15.4 Å². The van der Waals surface area contributed by atoms with Gasteiger partial charge < -0.3 is 15.5 Å². The van der Waals surface area contributed by atoms with Crippen molar-refractivity contribution in [3.63, 3.8) is 0 Å². The highest BCUT2D eigenvalue weighted by Crippen LogP contribution is 2.22. The van der Waals surface area contributed by atoms with E-state index in [-0.39, 0.29) is 20.8 Å². The second-order valence-electron chi connectivity index (χ2n) is 5.74. The molecule has 0 aliphatic rings. The number of hydrogen-bond donors (Lipinski definition) is 0. The molecule has 0 aliphatic heterocycles. The van der Waals surface area contributed by atoms with Crippen LogP contribution in [-0.2, 0) is 0 Å². The smallest absolute Gasteiger partial charge is 0.312 e. The minimum atomic E-state index is -1.16. The van der Waals surface area contributed by atoms with E-state index in [0.29, 0.717) is 0 Å². The first kappa shape index (κ1) is 14.4. The Morgan fingerprint density at radius 3 is 2.07 bits per heavy atom. The molecule has 16 nitrogen and oxygen atoms in total. The number of aromatic nitrogens is 8. The quantitative estimate of drug-likeness (QED) is 0.137. The van der Waals surface area contributed by atoms with Crippen molar-refractivity contribution < 1.29 is 28.8 Å². The van der Waals surface area contributed by atoms with Crippen LogP contribution in [0.3, 0.4) is 0 Å². The average molecular weight is 384 g/mol. The van der Waals surface area contributed by atoms with Gasteiger partial charge in [0, 0.05) is 4.63 Å². The molecular weight excluding hydrogens is 384 g/mol. The summed E-state index contributed by atoms with van der Waals surface area (Å²) in [6, 6.07) is 0. The van der Waals surface area contributed by atoms with Crippen LogP contribution in [0.15, 0.2) is 23.6 Å². The van der Waals surface area contributed by atoms with Gasteiger partial charge in [0.15, 0.2) is 11.0 Å². The Bertz CT molecular complexity index is 1820. The third-order valence-corrected chi connectivity index (χ3v) is 4.37. The third-order valence-electron chi connectivity index (χ3n) is 4.37. The maximum absolute atomic E-state index is 12.5. The molecule has 0 fully saturated rings. The zero-order chi connectivity index (χ0) is 19.5. The van der Waals surface area contributed by atoms with E-state index in [1.165, 1.54) is 0 Å². The van der Waals surface area contributed by atoms with Crippen LogP contribution in [0.25, 0.3) is 44.1 Å². The molecule has 0 saturated carbocycles. The molecule has 0 radical (unpaired) electrons. The summed E-state index contributed by atoms with van der Waals surface area (Å²) in [4.78, 5) is 36.6. The summed E-state index contributed by atoms with van der Waals surface area (Å²) in [5, 5.41) is 50.5. The van der Waals surface area contributed by atoms with Gasteiger partial charge in [-0.2, -0.15) is 0 Å². The normalized spacial score (nSPS) is 12.4. The second-order valence-corrected chi connectivity index (χ2v) is 5.74. The lowest BCUT2D eigenvalue weighted by Crippen LogP contribution is -2.37. The van der Waals surface area contributed by atoms with Gasteiger partial charge in [-0.1, -0.05) is 0 Å². The van der Waals surface area contributed by atoms with Crippen molar-refractivity contribution in [1.29, 1.82) is 0 Å². The van der Waals surface area contributed by atoms with Crippen molar-refractivity contribution in [3.8, 4) is 5.75 Å². The maximum atomic E-state index is 12.5. The fourth-order valence-electron chi connectivity index (χ4n) is 3.19. The van der Waals surface area contributed by atoms with Gasteiger partial charge in [-0.3, -0.25) is 23.6 Å². The van der Waals surface area contributed by atoms with Crippen LogP contribution >= 0.6 is 0 Å². The summed E-state index contributed by atoms with van der Waals surface area (Å²) in [7, 11) is 0. The van der Waals surface area contributed by atoms with Crippen LogP contribution in [0.1, 0.15) is 0 Å². The number of nitrogens with zero attached hydrogens (tertiary/aromatic N) is 8. The summed E-state index contributed by atoms with van der Waals surface area (Å²) in [5.74, 6) is -1.13. The van der Waals surface area contributed by atoms with Gasteiger partial charge >= 0.3 is 11.0 Å². The molecule has 0 atom stereocenters. The molecule has 0 amide bonds. The average Bonchev–Trinajstić information content (AvgIpc) is 3.39. The summed E-state index contributed by atoms with van der Waals surface area (Å²) in [5.41, 5.74) is -7.08. The van der Waals surface area contributed by atoms with Crippen LogP contribution in [0.4, 0.5) is 0 Å². The van der Waals surface area contributed by atoms with Gasteiger partial charge in [0.25, 0.3) is 32.9 Å². The fraction of sp³-hybridized carbons (Fsp3) is 0. The molecule has 4 heterocycles. The van der Waals surface area contributed by atoms with Crippen LogP contribution in [-0.4, -0.2) is 25.1 Å². The monoisotopic (exact) mass is 384 g/mol. The molecule has 0 bridgehead atoms. The molecule has 0 spiro atoms. The van der Waals surface area contributed by atoms with E-state index >= 15 is 0 Å². The lowest BCUT2D eigenvalue weighted by Gasteiger charge is -1.99. The molecular formula is C12N8O8. The van der Waals surface area contributed by atoms with Gasteiger partial charge in [0.1, 0.15) is 0 Å². The SMILES string of the molecule is O=c1c([O-])c2c(n[n+]3c4c(=O)c(=O)c5no[n+]([O-])c5c4nn23)c2c1no[n+]2[O-]. The Balaban J connectivity index is 2.01. The van der Waals surface area contributed by atoms with Crippen molar-refractivity contribution >= 4 is 44.1 Å². The first-order valence-corrected chi connectivity index (χ1v) is 7.30. The Morgan fingerprint density at radius 1 is 0.786 bits per heavy atom. The topological polar surface area (TPSA) is 214 Å². The van der Waals surface area contributed by atoms with Gasteiger partial charge in [0.2, 0.25) is 5.43 Å². The minimum Gasteiger partial charge on any atom is -0.868 e. The van der Waals surface area contributed by atoms with E-state index < -0.39 is 55.1 Å². The number of fused-ring (bicyclic) bond motifs is 9. The minimum absolute atomic E-state index is 0.130. The van der Waals surface area contributed by atoms with E-state index in [0.717, 1.165) is 9.26 Å². The van der Waals surface area contributed by atoms with Crippen LogP contribution in [0, 0.1) is 10.4 Å². The highest BCUT2D eigenvalue weighted by atomic mass is 16.8. The zero-order valence-electron chi connectivity index (χ0n) is 12.8. The molecule has 4 aromatic heterocycles. The van der Waals surface area contributed by atoms with Crippen LogP contribution in [0.5, 0.6) is 5.75 Å². The molecule has 16 heteroatoms. The number of benzene rings is 2. The first-order valence-electron chi connectivity index (χ1n) is 7.30. The summed E-state index contributed by atoms with van der Waals surface area (Å²) < 4.78 is 10.1. The van der Waals surface area contributed by atoms with Crippen LogP contribution < -0.4 is 35.8 Å². The summed E-state index contributed by atoms with van der Waals surface area (Å²) >= 11 is 0. The van der Waals surface area contributed by atoms with Crippen molar-refractivity contribution in [3.05, 3.63) is 41.1 Å². The van der Waals surface area contributed by atoms with E-state index in [1.54, 1.807) is 0 Å². The molecule has 6 aromatic rings. The Hall–Kier alpha value is -4.76. The third kappa shape index (κ3) is 1.32.